The van der Waals surface area contributed by atoms with Gasteiger partial charge in [-0.25, -0.2) is 9.78 Å². The molecule has 0 radical (unpaired) electrons. The molecule has 150 valence electrons. The van der Waals surface area contributed by atoms with Gasteiger partial charge >= 0.3 is 5.97 Å². The summed E-state index contributed by atoms with van der Waals surface area (Å²) in [5, 5.41) is 5.45. The van der Waals surface area contributed by atoms with E-state index >= 15 is 0 Å². The second-order valence-electron chi connectivity index (χ2n) is 6.53. The summed E-state index contributed by atoms with van der Waals surface area (Å²) in [5.41, 5.74) is 1.89. The summed E-state index contributed by atoms with van der Waals surface area (Å²) in [6.45, 7) is 1.47. The lowest BCUT2D eigenvalue weighted by Crippen LogP contribution is -2.30. The maximum Gasteiger partial charge on any atom is 0.339 e. The zero-order valence-corrected chi connectivity index (χ0v) is 16.7. The smallest absolute Gasteiger partial charge is 0.339 e. The van der Waals surface area contributed by atoms with Crippen molar-refractivity contribution in [3.8, 4) is 11.3 Å². The molecule has 0 fully saturated rings. The normalized spacial score (nSPS) is 11.8. The number of thiazole rings is 1. The van der Waals surface area contributed by atoms with E-state index in [9.17, 15) is 14.4 Å². The van der Waals surface area contributed by atoms with E-state index in [1.54, 1.807) is 24.3 Å². The monoisotopic (exact) mass is 419 g/mol. The first-order valence-electron chi connectivity index (χ1n) is 9.16. The fourth-order valence-corrected chi connectivity index (χ4v) is 3.65. The van der Waals surface area contributed by atoms with Crippen LogP contribution in [0.5, 0.6) is 0 Å². The number of fused-ring (bicyclic) bond motifs is 1. The molecule has 0 aliphatic rings. The molecule has 2 aromatic carbocycles. The van der Waals surface area contributed by atoms with Crippen LogP contribution in [0.1, 0.15) is 17.3 Å². The molecule has 0 saturated carbocycles. The Bertz CT molecular complexity index is 1280. The van der Waals surface area contributed by atoms with Crippen LogP contribution in [0.2, 0.25) is 0 Å². The molecule has 8 heteroatoms. The summed E-state index contributed by atoms with van der Waals surface area (Å²) >= 11 is 1.28. The van der Waals surface area contributed by atoms with Crippen LogP contribution < -0.4 is 10.9 Å². The highest BCUT2D eigenvalue weighted by atomic mass is 32.1. The Morgan fingerprint density at radius 3 is 2.63 bits per heavy atom. The summed E-state index contributed by atoms with van der Waals surface area (Å²) < 4.78 is 5.30. The Hall–Kier alpha value is -3.78. The molecule has 4 aromatic rings. The van der Waals surface area contributed by atoms with Crippen LogP contribution in [0.3, 0.4) is 0 Å². The van der Waals surface area contributed by atoms with Crippen molar-refractivity contribution in [2.45, 2.75) is 13.0 Å². The minimum atomic E-state index is -1.07. The average molecular weight is 419 g/mol. The minimum absolute atomic E-state index is 0.106. The number of esters is 1. The lowest BCUT2D eigenvalue weighted by Gasteiger charge is -2.13. The molecule has 1 amide bonds. The van der Waals surface area contributed by atoms with Crippen LogP contribution in [0.25, 0.3) is 22.2 Å². The van der Waals surface area contributed by atoms with Crippen molar-refractivity contribution in [3.63, 3.8) is 0 Å². The Morgan fingerprint density at radius 1 is 1.10 bits per heavy atom. The van der Waals surface area contributed by atoms with Gasteiger partial charge in [0.15, 0.2) is 11.2 Å². The number of carbonyl (C=O) groups is 2. The van der Waals surface area contributed by atoms with E-state index in [1.807, 2.05) is 35.7 Å². The number of benzene rings is 2. The number of para-hydroxylation sites is 1. The molecule has 0 aliphatic heterocycles. The summed E-state index contributed by atoms with van der Waals surface area (Å²) in [6.07, 6.45) is -1.07. The molecule has 1 atom stereocenters. The molecule has 2 aromatic heterocycles. The highest BCUT2D eigenvalue weighted by molar-refractivity contribution is 7.14. The Morgan fingerprint density at radius 2 is 1.83 bits per heavy atom. The molecule has 0 aliphatic carbocycles. The van der Waals surface area contributed by atoms with Gasteiger partial charge < -0.3 is 9.72 Å². The molecule has 0 spiro atoms. The van der Waals surface area contributed by atoms with Crippen molar-refractivity contribution >= 4 is 39.2 Å². The maximum atomic E-state index is 12.6. The number of amides is 1. The highest BCUT2D eigenvalue weighted by Gasteiger charge is 2.22. The van der Waals surface area contributed by atoms with Crippen molar-refractivity contribution in [3.05, 3.63) is 82.0 Å². The topological polar surface area (TPSA) is 101 Å². The van der Waals surface area contributed by atoms with Gasteiger partial charge in [-0.3, -0.25) is 14.9 Å². The third-order valence-corrected chi connectivity index (χ3v) is 5.19. The first-order valence-corrected chi connectivity index (χ1v) is 10.0. The summed E-state index contributed by atoms with van der Waals surface area (Å²) in [6, 6.07) is 17.7. The SMILES string of the molecule is CC(OC(=O)c1cc(=O)[nH]c2ccccc12)C(=O)Nc1nc(-c2ccccc2)cs1. The van der Waals surface area contributed by atoms with E-state index in [0.29, 0.717) is 16.0 Å². The molecular formula is C22H17N3O4S. The molecule has 30 heavy (non-hydrogen) atoms. The number of rotatable bonds is 5. The van der Waals surface area contributed by atoms with Crippen molar-refractivity contribution in [1.29, 1.82) is 0 Å². The first kappa shape index (κ1) is 19.5. The molecule has 2 heterocycles. The van der Waals surface area contributed by atoms with Crippen molar-refractivity contribution < 1.29 is 14.3 Å². The number of carbonyl (C=O) groups excluding carboxylic acids is 2. The molecule has 1 unspecified atom stereocenters. The number of aromatic nitrogens is 2. The van der Waals surface area contributed by atoms with Gasteiger partial charge in [-0.2, -0.15) is 0 Å². The first-order chi connectivity index (χ1) is 14.5. The van der Waals surface area contributed by atoms with Crippen molar-refractivity contribution in [2.24, 2.45) is 0 Å². The van der Waals surface area contributed by atoms with Crippen LogP contribution in [-0.2, 0) is 9.53 Å². The number of anilines is 1. The predicted octanol–water partition coefficient (Wildman–Crippen LogP) is 3.84. The predicted molar refractivity (Wildman–Crippen MR) is 116 cm³/mol. The number of hydrogen-bond donors (Lipinski definition) is 2. The van der Waals surface area contributed by atoms with Gasteiger partial charge in [-0.1, -0.05) is 48.5 Å². The second kappa shape index (κ2) is 8.30. The zero-order chi connectivity index (χ0) is 21.1. The van der Waals surface area contributed by atoms with E-state index in [1.165, 1.54) is 24.3 Å². The lowest BCUT2D eigenvalue weighted by atomic mass is 10.1. The third-order valence-electron chi connectivity index (χ3n) is 4.43. The van der Waals surface area contributed by atoms with Gasteiger partial charge in [0.05, 0.1) is 11.3 Å². The largest absolute Gasteiger partial charge is 0.449 e. The van der Waals surface area contributed by atoms with E-state index in [4.69, 9.17) is 4.74 Å². The van der Waals surface area contributed by atoms with E-state index in [0.717, 1.165) is 11.3 Å². The van der Waals surface area contributed by atoms with Crippen molar-refractivity contribution in [1.82, 2.24) is 9.97 Å². The summed E-state index contributed by atoms with van der Waals surface area (Å²) in [7, 11) is 0. The highest BCUT2D eigenvalue weighted by Crippen LogP contribution is 2.25. The van der Waals surface area contributed by atoms with Gasteiger partial charge in [0.25, 0.3) is 5.91 Å². The summed E-state index contributed by atoms with van der Waals surface area (Å²) in [5.74, 6) is -1.25. The van der Waals surface area contributed by atoms with E-state index in [-0.39, 0.29) is 5.56 Å². The quantitative estimate of drug-likeness (QED) is 0.479. The Kier molecular flexibility index (Phi) is 5.40. The number of H-pyrrole nitrogens is 1. The standard InChI is InChI=1S/C22H17N3O4S/c1-13(20(27)25-22-24-18(12-30-22)14-7-3-2-4-8-14)29-21(28)16-11-19(26)23-17-10-6-5-9-15(16)17/h2-13H,1H3,(H,23,26)(H,24,25,27). The summed E-state index contributed by atoms with van der Waals surface area (Å²) in [4.78, 5) is 44.0. The Labute approximate surface area is 175 Å². The fourth-order valence-electron chi connectivity index (χ4n) is 2.93. The Balaban J connectivity index is 1.46. The number of pyridine rings is 1. The van der Waals surface area contributed by atoms with Crippen LogP contribution in [0.15, 0.2) is 70.8 Å². The van der Waals surface area contributed by atoms with Crippen LogP contribution in [0.4, 0.5) is 5.13 Å². The maximum absolute atomic E-state index is 12.6. The van der Waals surface area contributed by atoms with E-state index in [2.05, 4.69) is 15.3 Å². The number of hydrogen-bond acceptors (Lipinski definition) is 6. The van der Waals surface area contributed by atoms with Gasteiger partial charge in [0.2, 0.25) is 5.56 Å². The number of ether oxygens (including phenoxy) is 1. The van der Waals surface area contributed by atoms with E-state index < -0.39 is 23.5 Å². The van der Waals surface area contributed by atoms with Gasteiger partial charge in [0, 0.05) is 27.9 Å². The van der Waals surface area contributed by atoms with Gasteiger partial charge in [0.1, 0.15) is 0 Å². The second-order valence-corrected chi connectivity index (χ2v) is 7.39. The number of nitrogens with zero attached hydrogens (tertiary/aromatic N) is 1. The van der Waals surface area contributed by atoms with Crippen LogP contribution in [0, 0.1) is 0 Å². The van der Waals surface area contributed by atoms with Crippen molar-refractivity contribution in [2.75, 3.05) is 5.32 Å². The van der Waals surface area contributed by atoms with Gasteiger partial charge in [-0.15, -0.1) is 11.3 Å². The van der Waals surface area contributed by atoms with Gasteiger partial charge in [-0.05, 0) is 13.0 Å². The molecule has 0 bridgehead atoms. The minimum Gasteiger partial charge on any atom is -0.449 e. The molecular weight excluding hydrogens is 402 g/mol. The number of aromatic amines is 1. The average Bonchev–Trinajstić information content (AvgIpc) is 3.22. The molecule has 7 nitrogen and oxygen atoms in total. The van der Waals surface area contributed by atoms with Crippen LogP contribution in [-0.4, -0.2) is 27.9 Å². The third kappa shape index (κ3) is 4.13. The van der Waals surface area contributed by atoms with Crippen LogP contribution >= 0.6 is 11.3 Å². The fraction of sp³-hybridized carbons (Fsp3) is 0.0909. The molecule has 4 rings (SSSR count). The molecule has 2 N–H and O–H groups in total. The zero-order valence-electron chi connectivity index (χ0n) is 15.9. The lowest BCUT2D eigenvalue weighted by molar-refractivity contribution is -0.123. The number of nitrogens with one attached hydrogen (secondary N) is 2. The molecule has 0 saturated heterocycles.